The highest BCUT2D eigenvalue weighted by molar-refractivity contribution is 9.10. The van der Waals surface area contributed by atoms with Crippen LogP contribution in [0.5, 0.6) is 0 Å². The molecule has 0 unspecified atom stereocenters. The van der Waals surface area contributed by atoms with Crippen molar-refractivity contribution in [1.82, 2.24) is 4.98 Å². The third-order valence-electron chi connectivity index (χ3n) is 1.90. The molecule has 1 aromatic carbocycles. The maximum absolute atomic E-state index is 4.99. The third-order valence-corrected chi connectivity index (χ3v) is 2.56. The second-order valence-corrected chi connectivity index (χ2v) is 3.66. The van der Waals surface area contributed by atoms with Gasteiger partial charge in [0.05, 0.1) is 5.52 Å². The summed E-state index contributed by atoms with van der Waals surface area (Å²) in [4.78, 5) is 7.76. The van der Waals surface area contributed by atoms with E-state index in [4.69, 9.17) is 5.90 Å². The molecule has 0 aliphatic rings. The van der Waals surface area contributed by atoms with Crippen molar-refractivity contribution < 1.29 is 4.84 Å². The quantitative estimate of drug-likeness (QED) is 0.792. The van der Waals surface area contributed by atoms with E-state index in [1.54, 1.807) is 0 Å². The second kappa shape index (κ2) is 3.49. The Morgan fingerprint density at radius 3 is 3.00 bits per heavy atom. The lowest BCUT2D eigenvalue weighted by Crippen LogP contribution is -1.98. The van der Waals surface area contributed by atoms with Gasteiger partial charge in [-0.2, -0.15) is 0 Å². The standard InChI is InChI=1S/C9H9BrN2O/c10-8-3-1-2-6-4-7(5-13-11)12-9(6)8/h1-4,12H,5,11H2. The van der Waals surface area contributed by atoms with E-state index in [-0.39, 0.29) is 0 Å². The van der Waals surface area contributed by atoms with E-state index in [2.05, 4.69) is 25.8 Å². The summed E-state index contributed by atoms with van der Waals surface area (Å²) >= 11 is 3.46. The summed E-state index contributed by atoms with van der Waals surface area (Å²) in [7, 11) is 0. The summed E-state index contributed by atoms with van der Waals surface area (Å²) < 4.78 is 1.05. The molecule has 1 aromatic heterocycles. The van der Waals surface area contributed by atoms with Gasteiger partial charge < -0.3 is 4.98 Å². The highest BCUT2D eigenvalue weighted by Gasteiger charge is 2.02. The zero-order chi connectivity index (χ0) is 9.26. The van der Waals surface area contributed by atoms with Gasteiger partial charge in [0, 0.05) is 15.6 Å². The fraction of sp³-hybridized carbons (Fsp3) is 0.111. The maximum atomic E-state index is 4.99. The fourth-order valence-corrected chi connectivity index (χ4v) is 1.83. The van der Waals surface area contributed by atoms with Crippen LogP contribution in [0, 0.1) is 0 Å². The minimum absolute atomic E-state index is 0.404. The fourth-order valence-electron chi connectivity index (χ4n) is 1.34. The molecular weight excluding hydrogens is 232 g/mol. The lowest BCUT2D eigenvalue weighted by Gasteiger charge is -1.92. The predicted molar refractivity (Wildman–Crippen MR) is 55.0 cm³/mol. The Kier molecular flexibility index (Phi) is 2.35. The summed E-state index contributed by atoms with van der Waals surface area (Å²) in [5.74, 6) is 4.99. The van der Waals surface area contributed by atoms with Gasteiger partial charge in [-0.05, 0) is 28.1 Å². The molecule has 0 amide bonds. The van der Waals surface area contributed by atoms with E-state index in [1.165, 1.54) is 0 Å². The summed E-state index contributed by atoms with van der Waals surface area (Å²) in [5.41, 5.74) is 2.05. The van der Waals surface area contributed by atoms with Crippen LogP contribution in [0.1, 0.15) is 5.69 Å². The average Bonchev–Trinajstić information content (AvgIpc) is 2.49. The number of H-pyrrole nitrogens is 1. The Morgan fingerprint density at radius 1 is 1.46 bits per heavy atom. The molecule has 0 aliphatic heterocycles. The Labute approximate surface area is 84.0 Å². The van der Waals surface area contributed by atoms with Crippen molar-refractivity contribution in [2.24, 2.45) is 5.90 Å². The van der Waals surface area contributed by atoms with Crippen molar-refractivity contribution in [2.75, 3.05) is 0 Å². The molecule has 0 saturated heterocycles. The second-order valence-electron chi connectivity index (χ2n) is 2.81. The van der Waals surface area contributed by atoms with Gasteiger partial charge in [-0.15, -0.1) is 0 Å². The van der Waals surface area contributed by atoms with Crippen LogP contribution in [0.15, 0.2) is 28.7 Å². The van der Waals surface area contributed by atoms with E-state index in [0.717, 1.165) is 21.1 Å². The van der Waals surface area contributed by atoms with Crippen molar-refractivity contribution >= 4 is 26.8 Å². The number of aromatic amines is 1. The van der Waals surface area contributed by atoms with Gasteiger partial charge in [-0.1, -0.05) is 12.1 Å². The number of nitrogens with one attached hydrogen (secondary N) is 1. The van der Waals surface area contributed by atoms with E-state index in [0.29, 0.717) is 6.61 Å². The zero-order valence-corrected chi connectivity index (χ0v) is 8.47. The minimum Gasteiger partial charge on any atom is -0.355 e. The summed E-state index contributed by atoms with van der Waals surface area (Å²) in [5, 5.41) is 1.15. The first-order valence-electron chi connectivity index (χ1n) is 3.89. The Morgan fingerprint density at radius 2 is 2.31 bits per heavy atom. The molecule has 1 heterocycles. The molecule has 0 bridgehead atoms. The van der Waals surface area contributed by atoms with Crippen molar-refractivity contribution in [3.05, 3.63) is 34.4 Å². The number of aromatic nitrogens is 1. The first kappa shape index (κ1) is 8.74. The Hall–Kier alpha value is -0.840. The summed E-state index contributed by atoms with van der Waals surface area (Å²) in [6, 6.07) is 8.04. The third kappa shape index (κ3) is 1.60. The number of hydrogen-bond acceptors (Lipinski definition) is 2. The van der Waals surface area contributed by atoms with Crippen LogP contribution in [0.4, 0.5) is 0 Å². The van der Waals surface area contributed by atoms with Crippen molar-refractivity contribution in [3.63, 3.8) is 0 Å². The van der Waals surface area contributed by atoms with Crippen molar-refractivity contribution in [2.45, 2.75) is 6.61 Å². The van der Waals surface area contributed by atoms with Gasteiger partial charge in [0.2, 0.25) is 0 Å². The normalized spacial score (nSPS) is 10.9. The molecule has 0 aliphatic carbocycles. The highest BCUT2D eigenvalue weighted by atomic mass is 79.9. The van der Waals surface area contributed by atoms with Crippen LogP contribution < -0.4 is 5.90 Å². The van der Waals surface area contributed by atoms with Crippen LogP contribution in [0.2, 0.25) is 0 Å². The van der Waals surface area contributed by atoms with Crippen molar-refractivity contribution in [3.8, 4) is 0 Å². The molecule has 68 valence electrons. The molecule has 0 atom stereocenters. The predicted octanol–water partition coefficient (Wildman–Crippen LogP) is 2.32. The molecule has 0 fully saturated rings. The zero-order valence-electron chi connectivity index (χ0n) is 6.88. The van der Waals surface area contributed by atoms with Crippen LogP contribution in [-0.4, -0.2) is 4.98 Å². The number of hydrogen-bond donors (Lipinski definition) is 2. The number of halogens is 1. The number of para-hydroxylation sites is 1. The Bertz CT molecular complexity index is 424. The van der Waals surface area contributed by atoms with Gasteiger partial charge >= 0.3 is 0 Å². The lowest BCUT2D eigenvalue weighted by atomic mass is 10.2. The molecule has 3 N–H and O–H groups in total. The molecule has 0 saturated carbocycles. The molecule has 3 nitrogen and oxygen atoms in total. The van der Waals surface area contributed by atoms with E-state index in [9.17, 15) is 0 Å². The number of rotatable bonds is 2. The molecule has 2 aromatic rings. The molecule has 4 heteroatoms. The van der Waals surface area contributed by atoms with Crippen LogP contribution in [-0.2, 0) is 11.4 Å². The molecule has 0 radical (unpaired) electrons. The molecule has 13 heavy (non-hydrogen) atoms. The van der Waals surface area contributed by atoms with E-state index < -0.39 is 0 Å². The Balaban J connectivity index is 2.55. The van der Waals surface area contributed by atoms with Crippen molar-refractivity contribution in [1.29, 1.82) is 0 Å². The maximum Gasteiger partial charge on any atom is 0.108 e. The molecular formula is C9H9BrN2O. The van der Waals surface area contributed by atoms with E-state index >= 15 is 0 Å². The first-order valence-corrected chi connectivity index (χ1v) is 4.68. The largest absolute Gasteiger partial charge is 0.355 e. The van der Waals surface area contributed by atoms with Crippen LogP contribution >= 0.6 is 15.9 Å². The van der Waals surface area contributed by atoms with Gasteiger partial charge in [0.15, 0.2) is 0 Å². The average molecular weight is 241 g/mol. The molecule has 2 rings (SSSR count). The SMILES string of the molecule is NOCc1cc2cccc(Br)c2[nH]1. The lowest BCUT2D eigenvalue weighted by molar-refractivity contribution is 0.122. The van der Waals surface area contributed by atoms with E-state index in [1.807, 2.05) is 24.3 Å². The number of benzene rings is 1. The molecule has 0 spiro atoms. The minimum atomic E-state index is 0.404. The smallest absolute Gasteiger partial charge is 0.108 e. The van der Waals surface area contributed by atoms with Gasteiger partial charge in [-0.3, -0.25) is 4.84 Å². The van der Waals surface area contributed by atoms with Crippen LogP contribution in [0.25, 0.3) is 10.9 Å². The van der Waals surface area contributed by atoms with Crippen LogP contribution in [0.3, 0.4) is 0 Å². The summed E-state index contributed by atoms with van der Waals surface area (Å²) in [6.45, 7) is 0.404. The van der Waals surface area contributed by atoms with Gasteiger partial charge in [0.25, 0.3) is 0 Å². The topological polar surface area (TPSA) is 51.0 Å². The highest BCUT2D eigenvalue weighted by Crippen LogP contribution is 2.23. The van der Waals surface area contributed by atoms with Gasteiger partial charge in [-0.25, -0.2) is 5.90 Å². The number of nitrogens with two attached hydrogens (primary N) is 1. The monoisotopic (exact) mass is 240 g/mol. The summed E-state index contributed by atoms with van der Waals surface area (Å²) in [6.07, 6.45) is 0. The van der Waals surface area contributed by atoms with Gasteiger partial charge in [0.1, 0.15) is 6.61 Å². The first-order chi connectivity index (χ1) is 6.31. The number of fused-ring (bicyclic) bond motifs is 1.